The lowest BCUT2D eigenvalue weighted by Gasteiger charge is -2.32. The monoisotopic (exact) mass is 644 g/mol. The molecular formula is C32H32ClF3N4O5. The maximum absolute atomic E-state index is 13.9. The summed E-state index contributed by atoms with van der Waals surface area (Å²) in [4.78, 5) is 45.4. The molecule has 0 saturated carbocycles. The van der Waals surface area contributed by atoms with E-state index in [1.807, 2.05) is 0 Å². The Morgan fingerprint density at radius 2 is 1.71 bits per heavy atom. The predicted octanol–water partition coefficient (Wildman–Crippen LogP) is 6.23. The molecule has 0 unspecified atom stereocenters. The number of nitrogens with one attached hydrogen (secondary N) is 1. The Kier molecular flexibility index (Phi) is 8.58. The molecule has 5 rings (SSSR count). The zero-order chi connectivity index (χ0) is 32.8. The van der Waals surface area contributed by atoms with Gasteiger partial charge in [-0.25, -0.2) is 0 Å². The smallest absolute Gasteiger partial charge is 0.416 e. The van der Waals surface area contributed by atoms with Gasteiger partial charge in [0.1, 0.15) is 6.54 Å². The van der Waals surface area contributed by atoms with Crippen molar-refractivity contribution in [1.29, 1.82) is 0 Å². The van der Waals surface area contributed by atoms with Gasteiger partial charge in [-0.1, -0.05) is 23.7 Å². The average molecular weight is 645 g/mol. The summed E-state index contributed by atoms with van der Waals surface area (Å²) in [5.74, 6) is -0.740. The third kappa shape index (κ3) is 6.62. The van der Waals surface area contributed by atoms with Crippen molar-refractivity contribution < 1.29 is 32.3 Å². The second-order valence-electron chi connectivity index (χ2n) is 11.7. The van der Waals surface area contributed by atoms with E-state index < -0.39 is 23.2 Å². The van der Waals surface area contributed by atoms with E-state index in [0.29, 0.717) is 48.3 Å². The molecule has 0 spiro atoms. The number of benzene rings is 2. The lowest BCUT2D eigenvalue weighted by atomic mass is 9.88. The van der Waals surface area contributed by atoms with Crippen LogP contribution in [0.3, 0.4) is 0 Å². The molecule has 1 aliphatic heterocycles. The molecule has 45 heavy (non-hydrogen) atoms. The Labute approximate surface area is 261 Å². The summed E-state index contributed by atoms with van der Waals surface area (Å²) in [5, 5.41) is 12.6. The molecule has 3 heterocycles. The van der Waals surface area contributed by atoms with Crippen molar-refractivity contribution in [2.75, 3.05) is 18.4 Å². The Hall–Kier alpha value is -4.16. The number of anilines is 1. The van der Waals surface area contributed by atoms with Gasteiger partial charge in [0.15, 0.2) is 5.65 Å². The van der Waals surface area contributed by atoms with E-state index in [1.165, 1.54) is 6.92 Å². The van der Waals surface area contributed by atoms with Gasteiger partial charge < -0.3 is 24.3 Å². The highest BCUT2D eigenvalue weighted by atomic mass is 35.5. The molecule has 0 radical (unpaired) electrons. The quantitative estimate of drug-likeness (QED) is 0.257. The largest absolute Gasteiger partial charge is 0.430 e. The highest BCUT2D eigenvalue weighted by Gasteiger charge is 2.32. The fourth-order valence-electron chi connectivity index (χ4n) is 5.66. The molecule has 0 aliphatic carbocycles. The van der Waals surface area contributed by atoms with Crippen LogP contribution in [-0.2, 0) is 27.9 Å². The molecule has 2 amide bonds. The number of rotatable bonds is 6. The maximum Gasteiger partial charge on any atom is 0.416 e. The zero-order valence-electron chi connectivity index (χ0n) is 25.1. The number of hydrogen-bond donors (Lipinski definition) is 2. The predicted molar refractivity (Wildman–Crippen MR) is 163 cm³/mol. The van der Waals surface area contributed by atoms with E-state index >= 15 is 0 Å². The van der Waals surface area contributed by atoms with Gasteiger partial charge in [0, 0.05) is 36.8 Å². The topological polar surface area (TPSA) is 118 Å². The van der Waals surface area contributed by atoms with Crippen LogP contribution in [0.15, 0.2) is 51.7 Å². The SMILES string of the molecule is CC(=O)N1CCC(c2c(C)n(CC(=O)Nc3ccc(C(F)(F)F)cc3Cl)c3nc(-c4ccc(C(C)(C)O)cc4)oc3c2=O)CC1. The number of likely N-dealkylation sites (tertiary alicyclic amines) is 1. The number of aromatic nitrogens is 2. The number of carbonyl (C=O) groups is 2. The van der Waals surface area contributed by atoms with Crippen LogP contribution in [0.2, 0.25) is 5.02 Å². The van der Waals surface area contributed by atoms with Crippen molar-refractivity contribution in [2.24, 2.45) is 0 Å². The van der Waals surface area contributed by atoms with Gasteiger partial charge in [-0.2, -0.15) is 18.2 Å². The zero-order valence-corrected chi connectivity index (χ0v) is 25.8. The number of aliphatic hydroxyl groups is 1. The summed E-state index contributed by atoms with van der Waals surface area (Å²) < 4.78 is 46.9. The van der Waals surface area contributed by atoms with Crippen molar-refractivity contribution >= 4 is 40.3 Å². The number of alkyl halides is 3. The summed E-state index contributed by atoms with van der Waals surface area (Å²) >= 11 is 6.07. The molecule has 238 valence electrons. The summed E-state index contributed by atoms with van der Waals surface area (Å²) in [5.41, 5.74) is -0.175. The standard InChI is InChI=1S/C32H32ClF3N4O5/c1-17-26(19-11-13-39(14-12-19)18(2)41)27(43)28-29(38-30(45-28)20-5-7-21(8-6-20)31(3,4)44)40(17)16-25(42)37-24-10-9-22(15-23(24)33)32(34,35)36/h5-10,15,19,44H,11-14,16H2,1-4H3,(H,37,42). The summed E-state index contributed by atoms with van der Waals surface area (Å²) in [6, 6.07) is 9.49. The first kappa shape index (κ1) is 32.2. The van der Waals surface area contributed by atoms with Crippen LogP contribution in [0, 0.1) is 6.92 Å². The van der Waals surface area contributed by atoms with Crippen molar-refractivity contribution in [2.45, 2.75) is 64.8 Å². The van der Waals surface area contributed by atoms with E-state index in [4.69, 9.17) is 16.0 Å². The van der Waals surface area contributed by atoms with Gasteiger partial charge in [0.05, 0.1) is 21.9 Å². The van der Waals surface area contributed by atoms with Crippen LogP contribution in [0.4, 0.5) is 18.9 Å². The minimum absolute atomic E-state index is 0.00539. The number of hydrogen-bond acceptors (Lipinski definition) is 6. The third-order valence-electron chi connectivity index (χ3n) is 8.17. The average Bonchev–Trinajstić information content (AvgIpc) is 3.42. The first-order valence-corrected chi connectivity index (χ1v) is 14.7. The van der Waals surface area contributed by atoms with Crippen LogP contribution in [0.25, 0.3) is 22.7 Å². The van der Waals surface area contributed by atoms with Gasteiger partial charge in [-0.3, -0.25) is 14.4 Å². The van der Waals surface area contributed by atoms with Crippen molar-refractivity contribution in [3.63, 3.8) is 0 Å². The van der Waals surface area contributed by atoms with Gasteiger partial charge in [0.25, 0.3) is 0 Å². The highest BCUT2D eigenvalue weighted by Crippen LogP contribution is 2.35. The minimum atomic E-state index is -4.60. The van der Waals surface area contributed by atoms with Crippen LogP contribution < -0.4 is 10.7 Å². The lowest BCUT2D eigenvalue weighted by molar-refractivity contribution is -0.137. The van der Waals surface area contributed by atoms with E-state index in [0.717, 1.165) is 18.2 Å². The van der Waals surface area contributed by atoms with Crippen LogP contribution >= 0.6 is 11.6 Å². The van der Waals surface area contributed by atoms with Crippen molar-refractivity contribution in [3.05, 3.63) is 80.1 Å². The second-order valence-corrected chi connectivity index (χ2v) is 12.2. The third-order valence-corrected chi connectivity index (χ3v) is 8.48. The fourth-order valence-corrected chi connectivity index (χ4v) is 5.89. The fraction of sp³-hybridized carbons (Fsp3) is 0.375. The number of fused-ring (bicyclic) bond motifs is 1. The molecule has 0 atom stereocenters. The van der Waals surface area contributed by atoms with Gasteiger partial charge in [-0.15, -0.1) is 0 Å². The number of oxazole rings is 1. The van der Waals surface area contributed by atoms with Gasteiger partial charge in [0.2, 0.25) is 28.7 Å². The number of halogens is 4. The maximum atomic E-state index is 13.9. The minimum Gasteiger partial charge on any atom is -0.430 e. The molecule has 2 aromatic heterocycles. The van der Waals surface area contributed by atoms with Crippen molar-refractivity contribution in [1.82, 2.24) is 14.5 Å². The molecule has 0 bridgehead atoms. The molecule has 13 heteroatoms. The van der Waals surface area contributed by atoms with E-state index in [9.17, 15) is 32.7 Å². The van der Waals surface area contributed by atoms with Gasteiger partial charge >= 0.3 is 6.18 Å². The lowest BCUT2D eigenvalue weighted by Crippen LogP contribution is -2.38. The normalized spacial score (nSPS) is 14.6. The number of pyridine rings is 1. The molecule has 2 aromatic carbocycles. The van der Waals surface area contributed by atoms with E-state index in [-0.39, 0.29) is 51.6 Å². The van der Waals surface area contributed by atoms with Crippen LogP contribution in [-0.4, -0.2) is 44.5 Å². The second kappa shape index (κ2) is 12.0. The summed E-state index contributed by atoms with van der Waals surface area (Å²) in [6.45, 7) is 7.11. The Bertz CT molecular complexity index is 1830. The van der Waals surface area contributed by atoms with Crippen LogP contribution in [0.5, 0.6) is 0 Å². The van der Waals surface area contributed by atoms with Crippen LogP contribution in [0.1, 0.15) is 61.9 Å². The first-order valence-electron chi connectivity index (χ1n) is 14.3. The summed E-state index contributed by atoms with van der Waals surface area (Å²) in [7, 11) is 0. The highest BCUT2D eigenvalue weighted by molar-refractivity contribution is 6.33. The number of nitrogens with zero attached hydrogens (tertiary/aromatic N) is 3. The number of piperidine rings is 1. The molecule has 1 aliphatic rings. The Morgan fingerprint density at radius 3 is 2.27 bits per heavy atom. The molecule has 4 aromatic rings. The molecule has 1 saturated heterocycles. The van der Waals surface area contributed by atoms with Crippen molar-refractivity contribution in [3.8, 4) is 11.5 Å². The number of amides is 2. The number of carbonyl (C=O) groups excluding carboxylic acids is 2. The molecule has 2 N–H and O–H groups in total. The molecular weight excluding hydrogens is 613 g/mol. The summed E-state index contributed by atoms with van der Waals surface area (Å²) in [6.07, 6.45) is -3.52. The Morgan fingerprint density at radius 1 is 1.09 bits per heavy atom. The van der Waals surface area contributed by atoms with E-state index in [2.05, 4.69) is 10.3 Å². The molecule has 9 nitrogen and oxygen atoms in total. The Balaban J connectivity index is 1.55. The van der Waals surface area contributed by atoms with E-state index in [1.54, 1.807) is 54.5 Å². The first-order chi connectivity index (χ1) is 21.0. The molecule has 1 fully saturated rings. The van der Waals surface area contributed by atoms with Gasteiger partial charge in [-0.05, 0) is 75.4 Å².